The van der Waals surface area contributed by atoms with Gasteiger partial charge in [-0.1, -0.05) is 87.5 Å². The van der Waals surface area contributed by atoms with E-state index in [4.69, 9.17) is 9.47 Å². The van der Waals surface area contributed by atoms with Gasteiger partial charge in [0, 0.05) is 25.5 Å². The number of amides is 2. The first-order valence-electron chi connectivity index (χ1n) is 15.3. The molecule has 0 aliphatic rings. The lowest BCUT2D eigenvalue weighted by Gasteiger charge is -2.31. The maximum Gasteiger partial charge on any atom is 0.407 e. The molecule has 2 amide bonds. The molecular weight excluding hydrogens is 619 g/mol. The predicted molar refractivity (Wildman–Crippen MR) is 184 cm³/mol. The number of ether oxygens (including phenoxy) is 2. The third-order valence-corrected chi connectivity index (χ3v) is 8.41. The fraction of sp³-hybridized carbons (Fsp3) is 0.371. The van der Waals surface area contributed by atoms with Gasteiger partial charge >= 0.3 is 12.2 Å². The molecule has 0 saturated carbocycles. The number of alkyl carbamates (subject to hydrolysis) is 2. The lowest BCUT2D eigenvalue weighted by atomic mass is 9.92. The van der Waals surface area contributed by atoms with E-state index in [1.807, 2.05) is 36.4 Å². The minimum absolute atomic E-state index is 0.104. The smallest absolute Gasteiger partial charge is 0.407 e. The summed E-state index contributed by atoms with van der Waals surface area (Å²) in [6.07, 6.45) is 8.73. The zero-order valence-electron chi connectivity index (χ0n) is 26.6. The Labute approximate surface area is 279 Å². The van der Waals surface area contributed by atoms with Gasteiger partial charge in [-0.25, -0.2) is 9.59 Å². The average Bonchev–Trinajstić information content (AvgIpc) is 3.74. The fourth-order valence-corrected chi connectivity index (χ4v) is 5.77. The SMILES string of the molecule is CC(C)(C)C/C=C/N(C[C@H](Cc1ccccc1)NC(=O)OCc1cncs1)C[C@H](Cc1ccccc1)NC(=O)OCc1cncs1. The number of allylic oxidation sites excluding steroid dienone is 1. The molecule has 2 aromatic carbocycles. The molecule has 0 aliphatic carbocycles. The number of hydrogen-bond donors (Lipinski definition) is 2. The Morgan fingerprint density at radius 2 is 1.24 bits per heavy atom. The lowest BCUT2D eigenvalue weighted by molar-refractivity contribution is 0.131. The number of hydrogen-bond acceptors (Lipinski definition) is 9. The van der Waals surface area contributed by atoms with Crippen LogP contribution in [0.5, 0.6) is 0 Å². The summed E-state index contributed by atoms with van der Waals surface area (Å²) >= 11 is 2.88. The lowest BCUT2D eigenvalue weighted by Crippen LogP contribution is -2.49. The first kappa shape index (κ1) is 34.6. The highest BCUT2D eigenvalue weighted by Gasteiger charge is 2.22. The van der Waals surface area contributed by atoms with E-state index in [0.717, 1.165) is 27.3 Å². The zero-order valence-corrected chi connectivity index (χ0v) is 28.3. The number of benzene rings is 2. The van der Waals surface area contributed by atoms with Crippen molar-refractivity contribution in [2.75, 3.05) is 13.1 Å². The third-order valence-electron chi connectivity index (χ3n) is 6.91. The minimum Gasteiger partial charge on any atom is -0.444 e. The van der Waals surface area contributed by atoms with Crippen LogP contribution in [0.25, 0.3) is 0 Å². The van der Waals surface area contributed by atoms with E-state index in [1.165, 1.54) is 22.7 Å². The number of carbonyl (C=O) groups excluding carboxylic acids is 2. The summed E-state index contributed by atoms with van der Waals surface area (Å²) in [5, 5.41) is 6.19. The van der Waals surface area contributed by atoms with Gasteiger partial charge in [-0.2, -0.15) is 0 Å². The molecule has 0 unspecified atom stereocenters. The number of nitrogens with zero attached hydrogens (tertiary/aromatic N) is 3. The molecular formula is C35H43N5O4S2. The molecule has 0 bridgehead atoms. The molecule has 0 aliphatic heterocycles. The summed E-state index contributed by atoms with van der Waals surface area (Å²) in [5.41, 5.74) is 5.73. The Morgan fingerprint density at radius 1 is 0.783 bits per heavy atom. The number of nitrogens with one attached hydrogen (secondary N) is 2. The summed E-state index contributed by atoms with van der Waals surface area (Å²) in [6.45, 7) is 7.90. The second-order valence-corrected chi connectivity index (χ2v) is 14.2. The minimum atomic E-state index is -0.487. The standard InChI is InChI=1S/C35H43N5O4S2/c1-35(2,3)15-10-16-40(21-29(17-27-11-6-4-7-12-27)38-33(41)43-23-31-19-36-25-45-31)22-30(18-28-13-8-5-9-14-28)39-34(42)44-24-32-20-37-26-46-32/h4-14,16,19-20,25-26,29-30H,15,17-18,21-24H2,1-3H3,(H,38,41)(H,39,42)/b16-10+/t29-,30-/m0/s1. The number of thiazole rings is 2. The van der Waals surface area contributed by atoms with Crippen molar-refractivity contribution < 1.29 is 19.1 Å². The fourth-order valence-electron chi connectivity index (χ4n) is 4.75. The molecule has 46 heavy (non-hydrogen) atoms. The van der Waals surface area contributed by atoms with Gasteiger partial charge in [-0.05, 0) is 42.0 Å². The molecule has 2 heterocycles. The Morgan fingerprint density at radius 3 is 1.63 bits per heavy atom. The summed E-state index contributed by atoms with van der Waals surface area (Å²) in [5.74, 6) is 0. The second kappa shape index (κ2) is 18.1. The summed E-state index contributed by atoms with van der Waals surface area (Å²) in [4.78, 5) is 38.0. The van der Waals surface area contributed by atoms with Crippen LogP contribution in [0.2, 0.25) is 0 Å². The molecule has 4 rings (SSSR count). The van der Waals surface area contributed by atoms with Crippen LogP contribution in [0.15, 0.2) is 96.4 Å². The van der Waals surface area contributed by atoms with Crippen molar-refractivity contribution >= 4 is 34.9 Å². The van der Waals surface area contributed by atoms with E-state index in [9.17, 15) is 9.59 Å². The maximum atomic E-state index is 13.0. The van der Waals surface area contributed by atoms with Gasteiger partial charge in [-0.3, -0.25) is 9.97 Å². The molecule has 0 fully saturated rings. The van der Waals surface area contributed by atoms with Gasteiger partial charge in [0.15, 0.2) is 0 Å². The van der Waals surface area contributed by atoms with E-state index < -0.39 is 12.2 Å². The third kappa shape index (κ3) is 13.4. The van der Waals surface area contributed by atoms with Gasteiger partial charge in [-0.15, -0.1) is 22.7 Å². The van der Waals surface area contributed by atoms with Gasteiger partial charge in [0.05, 0.1) is 32.9 Å². The molecule has 11 heteroatoms. The van der Waals surface area contributed by atoms with Gasteiger partial charge < -0.3 is 25.0 Å². The van der Waals surface area contributed by atoms with Crippen LogP contribution in [-0.4, -0.2) is 52.2 Å². The van der Waals surface area contributed by atoms with Crippen LogP contribution in [0.4, 0.5) is 9.59 Å². The quantitative estimate of drug-likeness (QED) is 0.131. The van der Waals surface area contributed by atoms with Crippen LogP contribution in [0.3, 0.4) is 0 Å². The predicted octanol–water partition coefficient (Wildman–Crippen LogP) is 7.23. The Hall–Kier alpha value is -4.22. The average molecular weight is 662 g/mol. The molecule has 0 saturated heterocycles. The van der Waals surface area contributed by atoms with Crippen molar-refractivity contribution in [3.8, 4) is 0 Å². The normalized spacial score (nSPS) is 12.8. The molecule has 9 nitrogen and oxygen atoms in total. The summed E-state index contributed by atoms with van der Waals surface area (Å²) < 4.78 is 11.1. The maximum absolute atomic E-state index is 13.0. The van der Waals surface area contributed by atoms with Crippen LogP contribution in [-0.2, 0) is 35.5 Å². The zero-order chi connectivity index (χ0) is 32.6. The molecule has 2 N–H and O–H groups in total. The number of rotatable bonds is 16. The van der Waals surface area contributed by atoms with Crippen molar-refractivity contribution in [2.45, 2.75) is 65.3 Å². The van der Waals surface area contributed by atoms with Crippen LogP contribution in [0.1, 0.15) is 48.1 Å². The van der Waals surface area contributed by atoms with Crippen molar-refractivity contribution in [2.24, 2.45) is 5.41 Å². The van der Waals surface area contributed by atoms with Gasteiger partial charge in [0.1, 0.15) is 13.2 Å². The van der Waals surface area contributed by atoms with Crippen molar-refractivity contribution in [1.29, 1.82) is 0 Å². The molecule has 0 spiro atoms. The van der Waals surface area contributed by atoms with E-state index in [2.05, 4.69) is 82.8 Å². The van der Waals surface area contributed by atoms with Crippen molar-refractivity contribution in [1.82, 2.24) is 25.5 Å². The van der Waals surface area contributed by atoms with Crippen LogP contribution in [0, 0.1) is 5.41 Å². The first-order chi connectivity index (χ1) is 22.2. The Kier molecular flexibility index (Phi) is 13.6. The van der Waals surface area contributed by atoms with E-state index in [1.54, 1.807) is 23.4 Å². The largest absolute Gasteiger partial charge is 0.444 e. The Bertz CT molecular complexity index is 1360. The highest BCUT2D eigenvalue weighted by Crippen LogP contribution is 2.19. The number of aromatic nitrogens is 2. The van der Waals surface area contributed by atoms with E-state index >= 15 is 0 Å². The highest BCUT2D eigenvalue weighted by atomic mass is 32.1. The molecule has 2 atom stereocenters. The van der Waals surface area contributed by atoms with E-state index in [0.29, 0.717) is 25.9 Å². The van der Waals surface area contributed by atoms with Crippen molar-refractivity contribution in [3.63, 3.8) is 0 Å². The van der Waals surface area contributed by atoms with Crippen LogP contribution < -0.4 is 10.6 Å². The van der Waals surface area contributed by atoms with Crippen molar-refractivity contribution in [3.05, 3.63) is 117 Å². The topological polar surface area (TPSA) is 106 Å². The monoisotopic (exact) mass is 661 g/mol. The summed E-state index contributed by atoms with van der Waals surface area (Å²) in [7, 11) is 0. The summed E-state index contributed by atoms with van der Waals surface area (Å²) in [6, 6.07) is 19.6. The van der Waals surface area contributed by atoms with E-state index in [-0.39, 0.29) is 30.7 Å². The molecule has 244 valence electrons. The Balaban J connectivity index is 1.52. The molecule has 2 aromatic heterocycles. The second-order valence-electron chi connectivity index (χ2n) is 12.3. The van der Waals surface area contributed by atoms with Gasteiger partial charge in [0.25, 0.3) is 0 Å². The first-order valence-corrected chi connectivity index (χ1v) is 17.1. The molecule has 4 aromatic rings. The number of carbonyl (C=O) groups is 2. The van der Waals surface area contributed by atoms with Gasteiger partial charge in [0.2, 0.25) is 0 Å². The molecule has 0 radical (unpaired) electrons. The highest BCUT2D eigenvalue weighted by molar-refractivity contribution is 7.09. The van der Waals surface area contributed by atoms with Crippen LogP contribution >= 0.6 is 22.7 Å².